The summed E-state index contributed by atoms with van der Waals surface area (Å²) in [4.78, 5) is 11.5. The predicted octanol–water partition coefficient (Wildman–Crippen LogP) is 1.80. The Labute approximate surface area is 81.3 Å². The van der Waals surface area contributed by atoms with Gasteiger partial charge in [-0.2, -0.15) is 0 Å². The van der Waals surface area contributed by atoms with Crippen molar-refractivity contribution in [2.75, 3.05) is 0 Å². The van der Waals surface area contributed by atoms with Crippen LogP contribution in [0.1, 0.15) is 24.8 Å². The van der Waals surface area contributed by atoms with Gasteiger partial charge in [-0.1, -0.05) is 6.07 Å². The Morgan fingerprint density at radius 3 is 3.14 bits per heavy atom. The van der Waals surface area contributed by atoms with Crippen molar-refractivity contribution in [3.05, 3.63) is 23.8 Å². The highest BCUT2D eigenvalue weighted by molar-refractivity contribution is 5.87. The van der Waals surface area contributed by atoms with Crippen molar-refractivity contribution in [2.24, 2.45) is 5.41 Å². The number of aromatic hydroxyl groups is 1. The molecule has 0 bridgehead atoms. The number of phenols is 1. The molecule has 1 saturated carbocycles. The zero-order valence-corrected chi connectivity index (χ0v) is 7.78. The van der Waals surface area contributed by atoms with Crippen molar-refractivity contribution >= 4 is 5.97 Å². The molecule has 72 valence electrons. The van der Waals surface area contributed by atoms with Crippen LogP contribution in [0.25, 0.3) is 0 Å². The van der Waals surface area contributed by atoms with Gasteiger partial charge in [-0.25, -0.2) is 0 Å². The number of hydrogen-bond acceptors (Lipinski definition) is 3. The molecule has 0 amide bonds. The van der Waals surface area contributed by atoms with Crippen molar-refractivity contribution in [1.82, 2.24) is 0 Å². The van der Waals surface area contributed by atoms with Crippen LogP contribution in [0.2, 0.25) is 0 Å². The van der Waals surface area contributed by atoms with E-state index in [2.05, 4.69) is 0 Å². The third-order valence-electron chi connectivity index (χ3n) is 3.30. The van der Waals surface area contributed by atoms with Crippen LogP contribution in [0, 0.1) is 5.41 Å². The second kappa shape index (κ2) is 2.11. The standard InChI is InChI=1S/C11H10O3/c1-11-5-6(11)9-7(12)3-2-4-8(9)14-10(11)13/h2-4,6,12H,5H2,1H3. The number of phenolic OH excluding ortho intramolecular Hbond substituents is 1. The van der Waals surface area contributed by atoms with Gasteiger partial charge in [-0.3, -0.25) is 4.79 Å². The fraction of sp³-hybridized carbons (Fsp3) is 0.364. The summed E-state index contributed by atoms with van der Waals surface area (Å²) >= 11 is 0. The van der Waals surface area contributed by atoms with Crippen LogP contribution in [0.5, 0.6) is 11.5 Å². The lowest BCUT2D eigenvalue weighted by molar-refractivity contribution is -0.140. The number of esters is 1. The fourth-order valence-electron chi connectivity index (χ4n) is 2.20. The van der Waals surface area contributed by atoms with Gasteiger partial charge in [0.1, 0.15) is 11.5 Å². The van der Waals surface area contributed by atoms with Crippen LogP contribution < -0.4 is 4.74 Å². The monoisotopic (exact) mass is 190 g/mol. The number of carbonyl (C=O) groups is 1. The molecule has 2 atom stereocenters. The molecule has 1 N–H and O–H groups in total. The molecule has 0 saturated heterocycles. The summed E-state index contributed by atoms with van der Waals surface area (Å²) in [6, 6.07) is 5.05. The van der Waals surface area contributed by atoms with Gasteiger partial charge in [-0.05, 0) is 25.5 Å². The van der Waals surface area contributed by atoms with E-state index < -0.39 is 0 Å². The maximum Gasteiger partial charge on any atom is 0.317 e. The average Bonchev–Trinajstić information content (AvgIpc) is 2.79. The molecule has 3 rings (SSSR count). The maximum atomic E-state index is 11.5. The number of benzene rings is 1. The Kier molecular flexibility index (Phi) is 1.18. The van der Waals surface area contributed by atoms with Crippen LogP contribution in [-0.4, -0.2) is 11.1 Å². The molecule has 0 radical (unpaired) electrons. The van der Waals surface area contributed by atoms with E-state index >= 15 is 0 Å². The summed E-state index contributed by atoms with van der Waals surface area (Å²) in [6.07, 6.45) is 0.788. The minimum Gasteiger partial charge on any atom is -0.508 e. The number of fused-ring (bicyclic) bond motifs is 3. The Balaban J connectivity index is 2.21. The molecular weight excluding hydrogens is 180 g/mol. The highest BCUT2D eigenvalue weighted by atomic mass is 16.5. The largest absolute Gasteiger partial charge is 0.508 e. The molecule has 2 aliphatic rings. The summed E-state index contributed by atoms with van der Waals surface area (Å²) in [5.74, 6) is 0.749. The fourth-order valence-corrected chi connectivity index (χ4v) is 2.20. The normalized spacial score (nSPS) is 32.9. The zero-order valence-electron chi connectivity index (χ0n) is 7.78. The molecule has 0 spiro atoms. The first kappa shape index (κ1) is 7.85. The number of carbonyl (C=O) groups excluding carboxylic acids is 1. The van der Waals surface area contributed by atoms with Crippen molar-refractivity contribution in [3.63, 3.8) is 0 Å². The molecule has 0 aromatic heterocycles. The van der Waals surface area contributed by atoms with Gasteiger partial charge < -0.3 is 9.84 Å². The van der Waals surface area contributed by atoms with Gasteiger partial charge in [0, 0.05) is 11.5 Å². The van der Waals surface area contributed by atoms with Crippen LogP contribution in [0.3, 0.4) is 0 Å². The van der Waals surface area contributed by atoms with E-state index in [1.165, 1.54) is 0 Å². The first-order valence-corrected chi connectivity index (χ1v) is 4.67. The van der Waals surface area contributed by atoms with Gasteiger partial charge in [0.05, 0.1) is 5.41 Å². The average molecular weight is 190 g/mol. The molecule has 3 heteroatoms. The Bertz CT molecular complexity index is 438. The molecule has 14 heavy (non-hydrogen) atoms. The summed E-state index contributed by atoms with van der Waals surface area (Å²) in [6.45, 7) is 1.88. The Morgan fingerprint density at radius 2 is 2.36 bits per heavy atom. The SMILES string of the molecule is CC12CC1c1c(O)cccc1OC2=O. The molecule has 1 fully saturated rings. The van der Waals surface area contributed by atoms with E-state index in [0.717, 1.165) is 12.0 Å². The van der Waals surface area contributed by atoms with E-state index in [1.54, 1.807) is 18.2 Å². The molecular formula is C11H10O3. The van der Waals surface area contributed by atoms with Crippen molar-refractivity contribution in [1.29, 1.82) is 0 Å². The van der Waals surface area contributed by atoms with Crippen LogP contribution >= 0.6 is 0 Å². The van der Waals surface area contributed by atoms with E-state index in [1.807, 2.05) is 6.92 Å². The minimum atomic E-state index is -0.383. The first-order valence-electron chi connectivity index (χ1n) is 4.67. The summed E-state index contributed by atoms with van der Waals surface area (Å²) in [5.41, 5.74) is 0.417. The van der Waals surface area contributed by atoms with E-state index in [9.17, 15) is 9.90 Å². The van der Waals surface area contributed by atoms with E-state index in [0.29, 0.717) is 5.75 Å². The third-order valence-corrected chi connectivity index (χ3v) is 3.30. The van der Waals surface area contributed by atoms with Gasteiger partial charge in [0.2, 0.25) is 0 Å². The second-order valence-electron chi connectivity index (χ2n) is 4.25. The predicted molar refractivity (Wildman–Crippen MR) is 49.2 cm³/mol. The lowest BCUT2D eigenvalue weighted by Crippen LogP contribution is -2.24. The van der Waals surface area contributed by atoms with Crippen molar-refractivity contribution in [3.8, 4) is 11.5 Å². The number of rotatable bonds is 0. The molecule has 1 aliphatic carbocycles. The van der Waals surface area contributed by atoms with Crippen molar-refractivity contribution in [2.45, 2.75) is 19.3 Å². The molecule has 1 aliphatic heterocycles. The first-order chi connectivity index (χ1) is 6.63. The Hall–Kier alpha value is -1.51. The van der Waals surface area contributed by atoms with Gasteiger partial charge in [0.25, 0.3) is 0 Å². The summed E-state index contributed by atoms with van der Waals surface area (Å²) < 4.78 is 5.17. The number of hydrogen-bond donors (Lipinski definition) is 1. The topological polar surface area (TPSA) is 46.5 Å². The summed E-state index contributed by atoms with van der Waals surface area (Å²) in [5, 5.41) is 9.66. The molecule has 3 nitrogen and oxygen atoms in total. The van der Waals surface area contributed by atoms with Gasteiger partial charge in [0.15, 0.2) is 0 Å². The van der Waals surface area contributed by atoms with E-state index in [-0.39, 0.29) is 23.1 Å². The quantitative estimate of drug-likeness (QED) is 0.501. The maximum absolute atomic E-state index is 11.5. The lowest BCUT2D eigenvalue weighted by atomic mass is 9.97. The van der Waals surface area contributed by atoms with Crippen LogP contribution in [-0.2, 0) is 4.79 Å². The van der Waals surface area contributed by atoms with Crippen molar-refractivity contribution < 1.29 is 14.6 Å². The van der Waals surface area contributed by atoms with Crippen LogP contribution in [0.4, 0.5) is 0 Å². The van der Waals surface area contributed by atoms with Gasteiger partial charge in [-0.15, -0.1) is 0 Å². The number of ether oxygens (including phenoxy) is 1. The highest BCUT2D eigenvalue weighted by Gasteiger charge is 2.62. The van der Waals surface area contributed by atoms with E-state index in [4.69, 9.17) is 4.74 Å². The molecule has 2 unspecified atom stereocenters. The molecule has 1 heterocycles. The third kappa shape index (κ3) is 0.750. The van der Waals surface area contributed by atoms with Crippen LogP contribution in [0.15, 0.2) is 18.2 Å². The molecule has 1 aromatic carbocycles. The highest BCUT2D eigenvalue weighted by Crippen LogP contribution is 2.65. The van der Waals surface area contributed by atoms with Gasteiger partial charge >= 0.3 is 5.97 Å². The summed E-state index contributed by atoms with van der Waals surface area (Å²) in [7, 11) is 0. The lowest BCUT2D eigenvalue weighted by Gasteiger charge is -2.20. The minimum absolute atomic E-state index is 0.153. The molecule has 1 aromatic rings. The smallest absolute Gasteiger partial charge is 0.317 e. The zero-order chi connectivity index (χ0) is 9.92. The second-order valence-corrected chi connectivity index (χ2v) is 4.25. The Morgan fingerprint density at radius 1 is 1.57 bits per heavy atom.